The second-order valence-electron chi connectivity index (χ2n) is 5.96. The first-order chi connectivity index (χ1) is 10.8. The first-order valence-corrected chi connectivity index (χ1v) is 7.82. The molecule has 22 heavy (non-hydrogen) atoms. The smallest absolute Gasteiger partial charge is 0.163 e. The summed E-state index contributed by atoms with van der Waals surface area (Å²) in [4.78, 5) is 16.1. The maximum atomic E-state index is 6.08. The molecule has 2 aliphatic rings. The Bertz CT molecular complexity index is 672. The largest absolute Gasteiger partial charge is 0.355 e. The second kappa shape index (κ2) is 5.62. The van der Waals surface area contributed by atoms with Crippen molar-refractivity contribution in [2.75, 3.05) is 24.5 Å². The number of nitrogens with zero attached hydrogens (tertiary/aromatic N) is 4. The van der Waals surface area contributed by atoms with Gasteiger partial charge in [-0.05, 0) is 31.5 Å². The van der Waals surface area contributed by atoms with E-state index in [0.717, 1.165) is 61.9 Å². The average molecular weight is 296 g/mol. The van der Waals surface area contributed by atoms with E-state index in [2.05, 4.69) is 15.2 Å². The molecule has 0 aliphatic carbocycles. The summed E-state index contributed by atoms with van der Waals surface area (Å²) in [7, 11) is 0. The minimum absolute atomic E-state index is 0.245. The van der Waals surface area contributed by atoms with Crippen LogP contribution in [0.15, 0.2) is 24.5 Å². The van der Waals surface area contributed by atoms with Crippen LogP contribution in [0.3, 0.4) is 0 Å². The van der Waals surface area contributed by atoms with Gasteiger partial charge in [-0.15, -0.1) is 0 Å². The zero-order valence-electron chi connectivity index (χ0n) is 12.5. The summed E-state index contributed by atoms with van der Waals surface area (Å²) in [6, 6.07) is 4.17. The standard InChI is InChI=1S/C16H20N6/c17-12-4-7-22(10-12)16-13-3-6-19-9-14(13)20-15(21-16)11-2-1-5-18-8-11/h1-2,5,8,12,19H,3-4,6-7,9-10,17H2/t12-/m0/s1. The van der Waals surface area contributed by atoms with Crippen LogP contribution in [0.5, 0.6) is 0 Å². The predicted molar refractivity (Wildman–Crippen MR) is 85.5 cm³/mol. The van der Waals surface area contributed by atoms with Crippen LogP contribution in [0, 0.1) is 0 Å². The van der Waals surface area contributed by atoms with E-state index in [1.165, 1.54) is 5.56 Å². The van der Waals surface area contributed by atoms with Crippen molar-refractivity contribution in [3.63, 3.8) is 0 Å². The Morgan fingerprint density at radius 3 is 3.05 bits per heavy atom. The van der Waals surface area contributed by atoms with Crippen LogP contribution < -0.4 is 16.0 Å². The zero-order chi connectivity index (χ0) is 14.9. The molecule has 0 saturated carbocycles. The number of nitrogens with two attached hydrogens (primary N) is 1. The molecular formula is C16H20N6. The Labute approximate surface area is 129 Å². The molecule has 1 saturated heterocycles. The van der Waals surface area contributed by atoms with E-state index in [9.17, 15) is 0 Å². The molecule has 0 spiro atoms. The molecule has 2 aromatic rings. The van der Waals surface area contributed by atoms with Gasteiger partial charge in [0.05, 0.1) is 5.69 Å². The summed E-state index contributed by atoms with van der Waals surface area (Å²) in [6.45, 7) is 3.64. The zero-order valence-corrected chi connectivity index (χ0v) is 12.5. The van der Waals surface area contributed by atoms with E-state index in [4.69, 9.17) is 15.7 Å². The van der Waals surface area contributed by atoms with Gasteiger partial charge in [0, 0.05) is 49.2 Å². The number of anilines is 1. The predicted octanol–water partition coefficient (Wildman–Crippen LogP) is 0.722. The fraction of sp³-hybridized carbons (Fsp3) is 0.438. The van der Waals surface area contributed by atoms with Gasteiger partial charge in [-0.3, -0.25) is 4.98 Å². The Hall–Kier alpha value is -2.05. The lowest BCUT2D eigenvalue weighted by Gasteiger charge is -2.25. The van der Waals surface area contributed by atoms with Crippen molar-refractivity contribution in [1.29, 1.82) is 0 Å². The van der Waals surface area contributed by atoms with Gasteiger partial charge < -0.3 is 16.0 Å². The molecule has 1 fully saturated rings. The van der Waals surface area contributed by atoms with Gasteiger partial charge in [0.2, 0.25) is 0 Å². The molecule has 0 radical (unpaired) electrons. The van der Waals surface area contributed by atoms with Crippen LogP contribution in [-0.2, 0) is 13.0 Å². The molecule has 3 N–H and O–H groups in total. The molecule has 114 valence electrons. The van der Waals surface area contributed by atoms with E-state index in [0.29, 0.717) is 0 Å². The Balaban J connectivity index is 1.81. The van der Waals surface area contributed by atoms with Gasteiger partial charge in [0.25, 0.3) is 0 Å². The summed E-state index contributed by atoms with van der Waals surface area (Å²) in [6.07, 6.45) is 5.59. The molecule has 1 atom stereocenters. The number of aromatic nitrogens is 3. The third kappa shape index (κ3) is 2.44. The minimum atomic E-state index is 0.245. The molecule has 0 unspecified atom stereocenters. The lowest BCUT2D eigenvalue weighted by molar-refractivity contribution is 0.621. The van der Waals surface area contributed by atoms with E-state index >= 15 is 0 Å². The highest BCUT2D eigenvalue weighted by Crippen LogP contribution is 2.29. The first-order valence-electron chi connectivity index (χ1n) is 7.82. The van der Waals surface area contributed by atoms with E-state index in [1.54, 1.807) is 6.20 Å². The Kier molecular flexibility index (Phi) is 3.48. The molecule has 2 aromatic heterocycles. The van der Waals surface area contributed by atoms with Gasteiger partial charge in [-0.1, -0.05) is 0 Å². The van der Waals surface area contributed by atoms with Crippen molar-refractivity contribution >= 4 is 5.82 Å². The van der Waals surface area contributed by atoms with Crippen molar-refractivity contribution in [3.05, 3.63) is 35.8 Å². The van der Waals surface area contributed by atoms with Gasteiger partial charge in [-0.25, -0.2) is 9.97 Å². The summed E-state index contributed by atoms with van der Waals surface area (Å²) in [5.41, 5.74) is 9.42. The van der Waals surface area contributed by atoms with Crippen LogP contribution in [0.1, 0.15) is 17.7 Å². The van der Waals surface area contributed by atoms with Gasteiger partial charge in [0.15, 0.2) is 5.82 Å². The number of pyridine rings is 1. The average Bonchev–Trinajstić information content (AvgIpc) is 3.01. The molecule has 0 bridgehead atoms. The van der Waals surface area contributed by atoms with Crippen molar-refractivity contribution in [2.24, 2.45) is 5.73 Å². The van der Waals surface area contributed by atoms with Crippen molar-refractivity contribution in [2.45, 2.75) is 25.4 Å². The summed E-state index contributed by atoms with van der Waals surface area (Å²) in [5, 5.41) is 3.40. The third-order valence-corrected chi connectivity index (χ3v) is 4.36. The SMILES string of the molecule is N[C@H]1CCN(c2nc(-c3cccnc3)nc3c2CCNC3)C1. The van der Waals surface area contributed by atoms with Crippen LogP contribution in [0.4, 0.5) is 5.82 Å². The maximum Gasteiger partial charge on any atom is 0.163 e. The van der Waals surface area contributed by atoms with Crippen LogP contribution in [-0.4, -0.2) is 40.6 Å². The molecule has 2 aliphatic heterocycles. The lowest BCUT2D eigenvalue weighted by Crippen LogP contribution is -2.31. The van der Waals surface area contributed by atoms with Crippen LogP contribution >= 0.6 is 0 Å². The molecule has 4 rings (SSSR count). The normalized spacial score (nSPS) is 21.0. The van der Waals surface area contributed by atoms with E-state index in [1.807, 2.05) is 18.3 Å². The van der Waals surface area contributed by atoms with Crippen molar-refractivity contribution in [1.82, 2.24) is 20.3 Å². The monoisotopic (exact) mass is 296 g/mol. The number of rotatable bonds is 2. The number of hydrogen-bond donors (Lipinski definition) is 2. The van der Waals surface area contributed by atoms with E-state index < -0.39 is 0 Å². The molecule has 6 heteroatoms. The van der Waals surface area contributed by atoms with Gasteiger partial charge in [-0.2, -0.15) is 0 Å². The highest BCUT2D eigenvalue weighted by Gasteiger charge is 2.26. The van der Waals surface area contributed by atoms with Crippen molar-refractivity contribution < 1.29 is 0 Å². The van der Waals surface area contributed by atoms with Crippen molar-refractivity contribution in [3.8, 4) is 11.4 Å². The van der Waals surface area contributed by atoms with Gasteiger partial charge >= 0.3 is 0 Å². The fourth-order valence-electron chi connectivity index (χ4n) is 3.21. The Morgan fingerprint density at radius 1 is 1.32 bits per heavy atom. The second-order valence-corrected chi connectivity index (χ2v) is 5.96. The van der Waals surface area contributed by atoms with Gasteiger partial charge in [0.1, 0.15) is 5.82 Å². The molecule has 0 aromatic carbocycles. The number of fused-ring (bicyclic) bond motifs is 1. The van der Waals surface area contributed by atoms with E-state index in [-0.39, 0.29) is 6.04 Å². The number of nitrogens with one attached hydrogen (secondary N) is 1. The summed E-state index contributed by atoms with van der Waals surface area (Å²) in [5.74, 6) is 1.82. The third-order valence-electron chi connectivity index (χ3n) is 4.36. The molecule has 6 nitrogen and oxygen atoms in total. The Morgan fingerprint density at radius 2 is 2.27 bits per heavy atom. The minimum Gasteiger partial charge on any atom is -0.355 e. The fourth-order valence-corrected chi connectivity index (χ4v) is 3.21. The molecular weight excluding hydrogens is 276 g/mol. The molecule has 4 heterocycles. The topological polar surface area (TPSA) is 80.0 Å². The van der Waals surface area contributed by atoms with Crippen LogP contribution in [0.2, 0.25) is 0 Å². The summed E-state index contributed by atoms with van der Waals surface area (Å²) < 4.78 is 0. The quantitative estimate of drug-likeness (QED) is 0.850. The number of hydrogen-bond acceptors (Lipinski definition) is 6. The highest BCUT2D eigenvalue weighted by molar-refractivity contribution is 5.60. The lowest BCUT2D eigenvalue weighted by atomic mass is 10.1. The van der Waals surface area contributed by atoms with Crippen LogP contribution in [0.25, 0.3) is 11.4 Å². The molecule has 0 amide bonds. The highest BCUT2D eigenvalue weighted by atomic mass is 15.2. The summed E-state index contributed by atoms with van der Waals surface area (Å²) >= 11 is 0. The maximum absolute atomic E-state index is 6.08. The first kappa shape index (κ1) is 13.6.